The Labute approximate surface area is 136 Å². The van der Waals surface area contributed by atoms with Crippen LogP contribution in [0.25, 0.3) is 0 Å². The summed E-state index contributed by atoms with van der Waals surface area (Å²) in [5.74, 6) is 0.377. The normalized spacial score (nSPS) is 10.2. The van der Waals surface area contributed by atoms with E-state index in [2.05, 4.69) is 21.2 Å². The highest BCUT2D eigenvalue weighted by Gasteiger charge is 2.12. The zero-order valence-corrected chi connectivity index (χ0v) is 13.7. The summed E-state index contributed by atoms with van der Waals surface area (Å²) < 4.78 is 19.6. The summed E-state index contributed by atoms with van der Waals surface area (Å²) in [6, 6.07) is 10.9. The predicted octanol–water partition coefficient (Wildman–Crippen LogP) is 3.84. The first-order chi connectivity index (χ1) is 10.0. The molecule has 0 saturated carbocycles. The van der Waals surface area contributed by atoms with E-state index in [0.717, 1.165) is 11.3 Å². The third-order valence-corrected chi connectivity index (χ3v) is 3.98. The zero-order valence-electron chi connectivity index (χ0n) is 11.3. The summed E-state index contributed by atoms with van der Waals surface area (Å²) >= 11 is 8.04. The van der Waals surface area contributed by atoms with Gasteiger partial charge in [-0.25, -0.2) is 4.39 Å². The van der Waals surface area contributed by atoms with Crippen molar-refractivity contribution in [2.75, 3.05) is 12.4 Å². The number of ether oxygens (including phenoxy) is 1. The summed E-state index contributed by atoms with van der Waals surface area (Å²) in [7, 11) is 1.61. The molecule has 0 aliphatic carbocycles. The number of anilines is 1. The molecule has 0 aromatic heterocycles. The maximum Gasteiger partial charge on any atom is 0.161 e. The number of rotatable bonds is 5. The summed E-state index contributed by atoms with van der Waals surface area (Å²) in [6.45, 7) is 0.500. The van der Waals surface area contributed by atoms with Crippen LogP contribution in [0.5, 0.6) is 5.75 Å². The highest BCUT2D eigenvalue weighted by molar-refractivity contribution is 9.10. The molecule has 0 amide bonds. The smallest absolute Gasteiger partial charge is 0.161 e. The lowest BCUT2D eigenvalue weighted by Gasteiger charge is -2.11. The van der Waals surface area contributed by atoms with E-state index < -0.39 is 5.82 Å². The molecular weight excluding hydrogens is 355 g/mol. The van der Waals surface area contributed by atoms with Crippen molar-refractivity contribution in [3.05, 3.63) is 57.8 Å². The van der Waals surface area contributed by atoms with Gasteiger partial charge in [-0.1, -0.05) is 24.4 Å². The van der Waals surface area contributed by atoms with Gasteiger partial charge in [0.25, 0.3) is 0 Å². The van der Waals surface area contributed by atoms with Gasteiger partial charge in [-0.2, -0.15) is 0 Å². The lowest BCUT2D eigenvalue weighted by molar-refractivity contribution is 0.414. The van der Waals surface area contributed by atoms with Gasteiger partial charge in [0.1, 0.15) is 10.7 Å². The molecule has 0 unspecified atom stereocenters. The van der Waals surface area contributed by atoms with Crippen LogP contribution >= 0.6 is 28.1 Å². The van der Waals surface area contributed by atoms with Gasteiger partial charge in [0.05, 0.1) is 17.3 Å². The van der Waals surface area contributed by atoms with Crippen LogP contribution in [0.4, 0.5) is 10.1 Å². The molecule has 0 fully saturated rings. The van der Waals surface area contributed by atoms with Gasteiger partial charge < -0.3 is 15.8 Å². The third-order valence-electron chi connectivity index (χ3n) is 2.99. The van der Waals surface area contributed by atoms with E-state index in [-0.39, 0.29) is 9.46 Å². The minimum absolute atomic E-state index is 0.155. The average Bonchev–Trinajstić information content (AvgIpc) is 2.49. The van der Waals surface area contributed by atoms with Gasteiger partial charge in [0.15, 0.2) is 5.82 Å². The molecule has 2 rings (SSSR count). The summed E-state index contributed by atoms with van der Waals surface area (Å²) in [6.07, 6.45) is 0. The van der Waals surface area contributed by atoms with Crippen molar-refractivity contribution in [3.63, 3.8) is 0 Å². The van der Waals surface area contributed by atoms with Crippen molar-refractivity contribution >= 4 is 38.8 Å². The molecule has 0 radical (unpaired) electrons. The van der Waals surface area contributed by atoms with E-state index in [1.807, 2.05) is 24.3 Å². The van der Waals surface area contributed by atoms with Crippen LogP contribution in [-0.2, 0) is 6.54 Å². The van der Waals surface area contributed by atoms with Crippen molar-refractivity contribution in [1.29, 1.82) is 0 Å². The van der Waals surface area contributed by atoms with Gasteiger partial charge >= 0.3 is 0 Å². The highest BCUT2D eigenvalue weighted by atomic mass is 79.9. The number of nitrogens with one attached hydrogen (secondary N) is 1. The fraction of sp³-hybridized carbons (Fsp3) is 0.133. The predicted molar refractivity (Wildman–Crippen MR) is 90.3 cm³/mol. The standard InChI is InChI=1S/C15H14BrFN2OS/c1-20-10-4-2-9(3-5-10)8-19-12-7-6-11(15(18)21)13(16)14(12)17/h2-7,19H,8H2,1H3,(H2,18,21). The Morgan fingerprint density at radius 2 is 1.95 bits per heavy atom. The Balaban J connectivity index is 2.12. The SMILES string of the molecule is COc1ccc(CNc2ccc(C(N)=S)c(Br)c2F)cc1. The number of thiocarbonyl (C=S) groups is 1. The molecule has 3 nitrogen and oxygen atoms in total. The Morgan fingerprint density at radius 1 is 1.29 bits per heavy atom. The van der Waals surface area contributed by atoms with Crippen molar-refractivity contribution in [3.8, 4) is 5.75 Å². The molecule has 6 heteroatoms. The Bertz CT molecular complexity index is 661. The number of methoxy groups -OCH3 is 1. The first-order valence-electron chi connectivity index (χ1n) is 6.17. The van der Waals surface area contributed by atoms with Crippen LogP contribution in [0.3, 0.4) is 0 Å². The van der Waals surface area contributed by atoms with Gasteiger partial charge in [0, 0.05) is 12.1 Å². The molecular formula is C15H14BrFN2OS. The molecule has 2 aromatic rings. The second kappa shape index (κ2) is 6.87. The number of nitrogens with two attached hydrogens (primary N) is 1. The van der Waals surface area contributed by atoms with Crippen LogP contribution in [0.1, 0.15) is 11.1 Å². The number of benzene rings is 2. The van der Waals surface area contributed by atoms with Crippen LogP contribution < -0.4 is 15.8 Å². The highest BCUT2D eigenvalue weighted by Crippen LogP contribution is 2.27. The first-order valence-corrected chi connectivity index (χ1v) is 7.37. The van der Waals surface area contributed by atoms with E-state index >= 15 is 0 Å². The first kappa shape index (κ1) is 15.7. The second-order valence-electron chi connectivity index (χ2n) is 4.35. The molecule has 0 saturated heterocycles. The van der Waals surface area contributed by atoms with Gasteiger partial charge in [-0.3, -0.25) is 0 Å². The molecule has 110 valence electrons. The maximum absolute atomic E-state index is 14.2. The van der Waals surface area contributed by atoms with Crippen molar-refractivity contribution in [2.45, 2.75) is 6.54 Å². The van der Waals surface area contributed by atoms with Crippen LogP contribution in [0.2, 0.25) is 0 Å². The van der Waals surface area contributed by atoms with Gasteiger partial charge in [-0.05, 0) is 45.8 Å². The maximum atomic E-state index is 14.2. The Kier molecular flexibility index (Phi) is 5.14. The van der Waals surface area contributed by atoms with E-state index in [4.69, 9.17) is 22.7 Å². The molecule has 0 aliphatic rings. The molecule has 0 aliphatic heterocycles. The number of hydrogen-bond acceptors (Lipinski definition) is 3. The lowest BCUT2D eigenvalue weighted by atomic mass is 10.1. The monoisotopic (exact) mass is 368 g/mol. The Hall–Kier alpha value is -1.66. The Morgan fingerprint density at radius 3 is 2.52 bits per heavy atom. The molecule has 0 heterocycles. The van der Waals surface area contributed by atoms with Crippen LogP contribution in [0.15, 0.2) is 40.9 Å². The molecule has 3 N–H and O–H groups in total. The largest absolute Gasteiger partial charge is 0.497 e. The molecule has 0 bridgehead atoms. The van der Waals surface area contributed by atoms with E-state index in [0.29, 0.717) is 17.8 Å². The van der Waals surface area contributed by atoms with E-state index in [9.17, 15) is 4.39 Å². The van der Waals surface area contributed by atoms with E-state index in [1.54, 1.807) is 19.2 Å². The van der Waals surface area contributed by atoms with Crippen molar-refractivity contribution in [1.82, 2.24) is 0 Å². The third kappa shape index (κ3) is 3.71. The topological polar surface area (TPSA) is 47.3 Å². The lowest BCUT2D eigenvalue weighted by Crippen LogP contribution is -2.12. The molecule has 0 atom stereocenters. The van der Waals surface area contributed by atoms with Gasteiger partial charge in [0.2, 0.25) is 0 Å². The number of hydrogen-bond donors (Lipinski definition) is 2. The summed E-state index contributed by atoms with van der Waals surface area (Å²) in [5.41, 5.74) is 7.42. The minimum atomic E-state index is -0.409. The second-order valence-corrected chi connectivity index (χ2v) is 5.59. The average molecular weight is 369 g/mol. The minimum Gasteiger partial charge on any atom is -0.497 e. The number of halogens is 2. The van der Waals surface area contributed by atoms with Crippen molar-refractivity contribution < 1.29 is 9.13 Å². The fourth-order valence-corrected chi connectivity index (χ4v) is 2.68. The van der Waals surface area contributed by atoms with Crippen LogP contribution in [0, 0.1) is 5.82 Å². The quantitative estimate of drug-likeness (QED) is 0.787. The molecule has 21 heavy (non-hydrogen) atoms. The van der Waals surface area contributed by atoms with E-state index in [1.165, 1.54) is 0 Å². The summed E-state index contributed by atoms with van der Waals surface area (Å²) in [4.78, 5) is 0.155. The van der Waals surface area contributed by atoms with Crippen LogP contribution in [-0.4, -0.2) is 12.1 Å². The fourth-order valence-electron chi connectivity index (χ4n) is 1.82. The van der Waals surface area contributed by atoms with Gasteiger partial charge in [-0.15, -0.1) is 0 Å². The van der Waals surface area contributed by atoms with Crippen molar-refractivity contribution in [2.24, 2.45) is 5.73 Å². The molecule has 2 aromatic carbocycles. The zero-order chi connectivity index (χ0) is 15.4. The summed E-state index contributed by atoms with van der Waals surface area (Å²) in [5, 5.41) is 3.04. The molecule has 0 spiro atoms.